The van der Waals surface area contributed by atoms with Gasteiger partial charge in [0, 0.05) is 13.0 Å². The SMILES string of the molecule is CCOC1(C(N)C2=CCCO2)CCC(C)CC1. The Morgan fingerprint density at radius 3 is 2.76 bits per heavy atom. The van der Waals surface area contributed by atoms with Crippen LogP contribution in [-0.4, -0.2) is 24.9 Å². The highest BCUT2D eigenvalue weighted by Crippen LogP contribution is 2.39. The molecule has 2 N–H and O–H groups in total. The van der Waals surface area contributed by atoms with Crippen LogP contribution in [0, 0.1) is 5.92 Å². The van der Waals surface area contributed by atoms with Gasteiger partial charge in [0.05, 0.1) is 18.2 Å². The number of ether oxygens (including phenoxy) is 2. The maximum atomic E-state index is 6.40. The van der Waals surface area contributed by atoms with Crippen LogP contribution in [0.4, 0.5) is 0 Å². The van der Waals surface area contributed by atoms with E-state index in [0.29, 0.717) is 0 Å². The predicted octanol–water partition coefficient (Wildman–Crippen LogP) is 2.60. The van der Waals surface area contributed by atoms with Crippen LogP contribution in [0.1, 0.15) is 46.0 Å². The van der Waals surface area contributed by atoms with E-state index in [-0.39, 0.29) is 11.6 Å². The van der Waals surface area contributed by atoms with Gasteiger partial charge < -0.3 is 15.2 Å². The predicted molar refractivity (Wildman–Crippen MR) is 68.6 cm³/mol. The molecule has 0 spiro atoms. The van der Waals surface area contributed by atoms with Crippen LogP contribution in [0.15, 0.2) is 11.8 Å². The summed E-state index contributed by atoms with van der Waals surface area (Å²) in [4.78, 5) is 0. The second-order valence-electron chi connectivity index (χ2n) is 5.40. The molecule has 0 saturated heterocycles. The molecule has 1 fully saturated rings. The lowest BCUT2D eigenvalue weighted by atomic mass is 9.75. The van der Waals surface area contributed by atoms with Gasteiger partial charge in [-0.2, -0.15) is 0 Å². The molecule has 17 heavy (non-hydrogen) atoms. The molecule has 3 nitrogen and oxygen atoms in total. The number of hydrogen-bond acceptors (Lipinski definition) is 3. The van der Waals surface area contributed by atoms with Crippen LogP contribution < -0.4 is 5.73 Å². The van der Waals surface area contributed by atoms with E-state index in [2.05, 4.69) is 19.9 Å². The van der Waals surface area contributed by atoms with Crippen LogP contribution in [0.25, 0.3) is 0 Å². The second-order valence-corrected chi connectivity index (χ2v) is 5.40. The van der Waals surface area contributed by atoms with Gasteiger partial charge in [0.15, 0.2) is 0 Å². The van der Waals surface area contributed by atoms with E-state index in [4.69, 9.17) is 15.2 Å². The van der Waals surface area contributed by atoms with Gasteiger partial charge in [0.2, 0.25) is 0 Å². The Balaban J connectivity index is 2.09. The Hall–Kier alpha value is -0.540. The van der Waals surface area contributed by atoms with Gasteiger partial charge in [-0.05, 0) is 44.6 Å². The molecule has 0 radical (unpaired) electrons. The minimum Gasteiger partial charge on any atom is -0.496 e. The van der Waals surface area contributed by atoms with Gasteiger partial charge in [-0.1, -0.05) is 6.92 Å². The van der Waals surface area contributed by atoms with Crippen molar-refractivity contribution in [2.45, 2.75) is 57.6 Å². The van der Waals surface area contributed by atoms with Crippen LogP contribution in [-0.2, 0) is 9.47 Å². The largest absolute Gasteiger partial charge is 0.496 e. The van der Waals surface area contributed by atoms with Gasteiger partial charge in [0.25, 0.3) is 0 Å². The molecule has 0 amide bonds. The first-order valence-corrected chi connectivity index (χ1v) is 6.90. The third-order valence-corrected chi connectivity index (χ3v) is 4.16. The molecule has 0 aromatic carbocycles. The summed E-state index contributed by atoms with van der Waals surface area (Å²) in [7, 11) is 0. The number of nitrogens with two attached hydrogens (primary N) is 1. The van der Waals surface area contributed by atoms with E-state index >= 15 is 0 Å². The summed E-state index contributed by atoms with van der Waals surface area (Å²) >= 11 is 0. The highest BCUT2D eigenvalue weighted by atomic mass is 16.5. The number of hydrogen-bond donors (Lipinski definition) is 1. The molecule has 1 heterocycles. The monoisotopic (exact) mass is 239 g/mol. The Labute approximate surface area is 104 Å². The summed E-state index contributed by atoms with van der Waals surface area (Å²) in [6.45, 7) is 5.88. The van der Waals surface area contributed by atoms with Crippen molar-refractivity contribution < 1.29 is 9.47 Å². The second kappa shape index (κ2) is 5.40. The highest BCUT2D eigenvalue weighted by Gasteiger charge is 2.43. The zero-order valence-electron chi connectivity index (χ0n) is 11.1. The lowest BCUT2D eigenvalue weighted by molar-refractivity contribution is -0.0888. The average molecular weight is 239 g/mol. The quantitative estimate of drug-likeness (QED) is 0.820. The third-order valence-electron chi connectivity index (χ3n) is 4.16. The molecule has 0 bridgehead atoms. The summed E-state index contributed by atoms with van der Waals surface area (Å²) in [5, 5.41) is 0. The Morgan fingerprint density at radius 1 is 1.53 bits per heavy atom. The van der Waals surface area contributed by atoms with Crippen LogP contribution >= 0.6 is 0 Å². The van der Waals surface area contributed by atoms with Gasteiger partial charge in [-0.3, -0.25) is 0 Å². The summed E-state index contributed by atoms with van der Waals surface area (Å²) < 4.78 is 11.7. The summed E-state index contributed by atoms with van der Waals surface area (Å²) in [6.07, 6.45) is 7.65. The summed E-state index contributed by atoms with van der Waals surface area (Å²) in [5.41, 5.74) is 6.22. The van der Waals surface area contributed by atoms with Crippen molar-refractivity contribution in [3.8, 4) is 0 Å². The lowest BCUT2D eigenvalue weighted by Crippen LogP contribution is -2.53. The smallest absolute Gasteiger partial charge is 0.112 e. The Kier molecular flexibility index (Phi) is 4.10. The first-order valence-electron chi connectivity index (χ1n) is 6.90. The van der Waals surface area contributed by atoms with Crippen molar-refractivity contribution >= 4 is 0 Å². The minimum absolute atomic E-state index is 0.0857. The van der Waals surface area contributed by atoms with Gasteiger partial charge in [0.1, 0.15) is 5.76 Å². The standard InChI is InChI=1S/C14H25NO2/c1-3-17-14(8-6-11(2)7-9-14)13(15)12-5-4-10-16-12/h5,11,13H,3-4,6-10,15H2,1-2H3. The normalized spacial score (nSPS) is 35.2. The molecule has 2 rings (SSSR count). The molecule has 98 valence electrons. The van der Waals surface area contributed by atoms with Crippen LogP contribution in [0.5, 0.6) is 0 Å². The molecular weight excluding hydrogens is 214 g/mol. The van der Waals surface area contributed by atoms with Crippen molar-refractivity contribution in [3.63, 3.8) is 0 Å². The fourth-order valence-electron chi connectivity index (χ4n) is 3.00. The fourth-order valence-corrected chi connectivity index (χ4v) is 3.00. The van der Waals surface area contributed by atoms with E-state index in [1.807, 2.05) is 0 Å². The van der Waals surface area contributed by atoms with Crippen molar-refractivity contribution in [2.24, 2.45) is 11.7 Å². The molecule has 1 unspecified atom stereocenters. The maximum absolute atomic E-state index is 6.40. The molecule has 0 aromatic heterocycles. The molecule has 1 atom stereocenters. The van der Waals surface area contributed by atoms with E-state index in [0.717, 1.165) is 44.2 Å². The topological polar surface area (TPSA) is 44.5 Å². The van der Waals surface area contributed by atoms with E-state index in [1.165, 1.54) is 12.8 Å². The van der Waals surface area contributed by atoms with Crippen molar-refractivity contribution in [1.29, 1.82) is 0 Å². The highest BCUT2D eigenvalue weighted by molar-refractivity contribution is 5.14. The third kappa shape index (κ3) is 2.66. The van der Waals surface area contributed by atoms with Gasteiger partial charge in [-0.25, -0.2) is 0 Å². The van der Waals surface area contributed by atoms with Gasteiger partial charge in [-0.15, -0.1) is 0 Å². The van der Waals surface area contributed by atoms with E-state index in [9.17, 15) is 0 Å². The molecule has 1 aliphatic heterocycles. The van der Waals surface area contributed by atoms with Crippen molar-refractivity contribution in [1.82, 2.24) is 0 Å². The summed E-state index contributed by atoms with van der Waals surface area (Å²) in [5.74, 6) is 1.75. The molecule has 1 saturated carbocycles. The maximum Gasteiger partial charge on any atom is 0.112 e. The van der Waals surface area contributed by atoms with Crippen molar-refractivity contribution in [3.05, 3.63) is 11.8 Å². The summed E-state index contributed by atoms with van der Waals surface area (Å²) in [6, 6.07) is -0.0857. The van der Waals surface area contributed by atoms with Gasteiger partial charge >= 0.3 is 0 Å². The molecule has 1 aliphatic carbocycles. The zero-order chi connectivity index (χ0) is 12.3. The fraction of sp³-hybridized carbons (Fsp3) is 0.857. The van der Waals surface area contributed by atoms with Crippen molar-refractivity contribution in [2.75, 3.05) is 13.2 Å². The molecule has 2 aliphatic rings. The van der Waals surface area contributed by atoms with E-state index < -0.39 is 0 Å². The Bertz CT molecular complexity index is 280. The Morgan fingerprint density at radius 2 is 2.24 bits per heavy atom. The average Bonchev–Trinajstić information content (AvgIpc) is 2.85. The first-order chi connectivity index (χ1) is 8.18. The molecule has 0 aromatic rings. The van der Waals surface area contributed by atoms with Crippen LogP contribution in [0.2, 0.25) is 0 Å². The number of rotatable bonds is 4. The molecular formula is C14H25NO2. The first kappa shape index (κ1) is 12.9. The van der Waals surface area contributed by atoms with E-state index in [1.54, 1.807) is 0 Å². The zero-order valence-corrected chi connectivity index (χ0v) is 11.1. The minimum atomic E-state index is -0.183. The van der Waals surface area contributed by atoms with Crippen LogP contribution in [0.3, 0.4) is 0 Å². The molecule has 3 heteroatoms. The lowest BCUT2D eigenvalue weighted by Gasteiger charge is -2.43.